The number of thiocarbonyl (C=S) groups is 1. The molecule has 0 aliphatic carbocycles. The number of hydrogen-bond acceptors (Lipinski definition) is 3. The third-order valence-corrected chi connectivity index (χ3v) is 3.75. The molecule has 1 aromatic rings. The van der Waals surface area contributed by atoms with E-state index in [0.717, 1.165) is 16.9 Å². The summed E-state index contributed by atoms with van der Waals surface area (Å²) in [5, 5.41) is 7.13. The molecule has 1 aromatic heterocycles. The minimum absolute atomic E-state index is 0.426. The van der Waals surface area contributed by atoms with Crippen LogP contribution in [-0.4, -0.2) is 17.6 Å². The molecule has 0 saturated carbocycles. The number of amides is 1. The van der Waals surface area contributed by atoms with Crippen LogP contribution < -0.4 is 16.4 Å². The molecule has 0 unspecified atom stereocenters. The molecule has 0 aliphatic heterocycles. The fourth-order valence-corrected chi connectivity index (χ4v) is 3.07. The van der Waals surface area contributed by atoms with Crippen molar-refractivity contribution >= 4 is 39.6 Å². The quantitative estimate of drug-likeness (QED) is 0.572. The van der Waals surface area contributed by atoms with Crippen molar-refractivity contribution in [1.29, 1.82) is 0 Å². The highest BCUT2D eigenvalue weighted by atomic mass is 32.1. The number of aryl methyl sites for hydroxylation is 1. The number of nitrogens with two attached hydrogens (primary N) is 1. The Morgan fingerprint density at radius 1 is 1.61 bits per heavy atom. The van der Waals surface area contributed by atoms with Crippen LogP contribution in [0.3, 0.4) is 0 Å². The van der Waals surface area contributed by atoms with E-state index in [1.807, 2.05) is 13.8 Å². The molecule has 0 spiro atoms. The maximum absolute atomic E-state index is 11.5. The summed E-state index contributed by atoms with van der Waals surface area (Å²) in [5.41, 5.74) is 6.96. The second-order valence-electron chi connectivity index (χ2n) is 3.68. The SMILES string of the molecule is C=CCNC(=S)Nc1sc(C)c(CC)c1C(N)=O. The van der Waals surface area contributed by atoms with Gasteiger partial charge in [0, 0.05) is 11.4 Å². The third kappa shape index (κ3) is 3.30. The van der Waals surface area contributed by atoms with Crippen molar-refractivity contribution < 1.29 is 4.79 Å². The molecule has 18 heavy (non-hydrogen) atoms. The summed E-state index contributed by atoms with van der Waals surface area (Å²) in [5.74, 6) is -0.426. The summed E-state index contributed by atoms with van der Waals surface area (Å²) in [6, 6.07) is 0. The maximum atomic E-state index is 11.5. The Morgan fingerprint density at radius 2 is 2.28 bits per heavy atom. The Kier molecular flexibility index (Phi) is 5.30. The van der Waals surface area contributed by atoms with E-state index in [-0.39, 0.29) is 0 Å². The highest BCUT2D eigenvalue weighted by molar-refractivity contribution is 7.80. The van der Waals surface area contributed by atoms with Gasteiger partial charge in [-0.1, -0.05) is 13.0 Å². The van der Waals surface area contributed by atoms with Crippen LogP contribution in [0.1, 0.15) is 27.7 Å². The molecule has 0 saturated heterocycles. The molecule has 4 N–H and O–H groups in total. The molecule has 0 radical (unpaired) electrons. The number of anilines is 1. The molecule has 0 aromatic carbocycles. The van der Waals surface area contributed by atoms with Crippen molar-refractivity contribution in [1.82, 2.24) is 5.32 Å². The zero-order valence-electron chi connectivity index (χ0n) is 10.5. The Morgan fingerprint density at radius 3 is 2.78 bits per heavy atom. The Balaban J connectivity index is 2.98. The first-order chi connectivity index (χ1) is 8.51. The summed E-state index contributed by atoms with van der Waals surface area (Å²) < 4.78 is 0. The van der Waals surface area contributed by atoms with E-state index < -0.39 is 5.91 Å². The summed E-state index contributed by atoms with van der Waals surface area (Å²) in [4.78, 5) is 12.6. The zero-order valence-corrected chi connectivity index (χ0v) is 12.1. The van der Waals surface area contributed by atoms with Crippen LogP contribution in [0.4, 0.5) is 5.00 Å². The number of hydrogen-bond donors (Lipinski definition) is 3. The fraction of sp³-hybridized carbons (Fsp3) is 0.333. The first-order valence-electron chi connectivity index (χ1n) is 5.59. The van der Waals surface area contributed by atoms with Crippen LogP contribution in [0.2, 0.25) is 0 Å². The summed E-state index contributed by atoms with van der Waals surface area (Å²) in [7, 11) is 0. The van der Waals surface area contributed by atoms with Gasteiger partial charge in [0.05, 0.1) is 5.56 Å². The average molecular weight is 283 g/mol. The summed E-state index contributed by atoms with van der Waals surface area (Å²) in [6.45, 7) is 8.14. The van der Waals surface area contributed by atoms with E-state index in [9.17, 15) is 4.79 Å². The lowest BCUT2D eigenvalue weighted by molar-refractivity contribution is 0.100. The smallest absolute Gasteiger partial charge is 0.251 e. The van der Waals surface area contributed by atoms with Crippen LogP contribution in [0.5, 0.6) is 0 Å². The number of carbonyl (C=O) groups is 1. The molecule has 4 nitrogen and oxygen atoms in total. The minimum Gasteiger partial charge on any atom is -0.365 e. The van der Waals surface area contributed by atoms with Crippen molar-refractivity contribution in [3.8, 4) is 0 Å². The Labute approximate surface area is 116 Å². The predicted molar refractivity (Wildman–Crippen MR) is 81.4 cm³/mol. The third-order valence-electron chi connectivity index (χ3n) is 2.44. The topological polar surface area (TPSA) is 67.2 Å². The second-order valence-corrected chi connectivity index (χ2v) is 5.32. The van der Waals surface area contributed by atoms with Crippen molar-refractivity contribution in [2.45, 2.75) is 20.3 Å². The van der Waals surface area contributed by atoms with Gasteiger partial charge in [0.25, 0.3) is 5.91 Å². The average Bonchev–Trinajstić information content (AvgIpc) is 2.62. The molecule has 6 heteroatoms. The molecule has 0 bridgehead atoms. The van der Waals surface area contributed by atoms with Gasteiger partial charge in [-0.3, -0.25) is 4.79 Å². The minimum atomic E-state index is -0.426. The van der Waals surface area contributed by atoms with Gasteiger partial charge in [0.2, 0.25) is 0 Å². The van der Waals surface area contributed by atoms with Crippen LogP contribution in [-0.2, 0) is 6.42 Å². The monoisotopic (exact) mass is 283 g/mol. The molecule has 0 aliphatic rings. The Bertz CT molecular complexity index is 480. The van der Waals surface area contributed by atoms with Crippen molar-refractivity contribution in [2.75, 3.05) is 11.9 Å². The lowest BCUT2D eigenvalue weighted by Crippen LogP contribution is -2.29. The predicted octanol–water partition coefficient (Wildman–Crippen LogP) is 2.19. The number of rotatable bonds is 5. The number of nitrogens with one attached hydrogen (secondary N) is 2. The lowest BCUT2D eigenvalue weighted by Gasteiger charge is -2.08. The van der Waals surface area contributed by atoms with Crippen LogP contribution >= 0.6 is 23.6 Å². The van der Waals surface area contributed by atoms with Crippen molar-refractivity contribution in [3.63, 3.8) is 0 Å². The molecule has 98 valence electrons. The highest BCUT2D eigenvalue weighted by Gasteiger charge is 2.19. The van der Waals surface area contributed by atoms with Gasteiger partial charge in [0.15, 0.2) is 5.11 Å². The zero-order chi connectivity index (χ0) is 13.7. The van der Waals surface area contributed by atoms with Gasteiger partial charge < -0.3 is 16.4 Å². The van der Waals surface area contributed by atoms with Crippen molar-refractivity contribution in [3.05, 3.63) is 28.7 Å². The normalized spacial score (nSPS) is 9.89. The highest BCUT2D eigenvalue weighted by Crippen LogP contribution is 2.32. The first kappa shape index (κ1) is 14.7. The van der Waals surface area contributed by atoms with E-state index in [1.165, 1.54) is 11.3 Å². The van der Waals surface area contributed by atoms with Crippen molar-refractivity contribution in [2.24, 2.45) is 5.73 Å². The maximum Gasteiger partial charge on any atom is 0.251 e. The van der Waals surface area contributed by atoms with Gasteiger partial charge >= 0.3 is 0 Å². The fourth-order valence-electron chi connectivity index (χ4n) is 1.67. The molecule has 1 amide bonds. The van der Waals surface area contributed by atoms with Gasteiger partial charge in [0.1, 0.15) is 5.00 Å². The van der Waals surface area contributed by atoms with E-state index in [4.69, 9.17) is 18.0 Å². The van der Waals surface area contributed by atoms with Crippen LogP contribution in [0.15, 0.2) is 12.7 Å². The molecule has 1 heterocycles. The number of thiophene rings is 1. The summed E-state index contributed by atoms with van der Waals surface area (Å²) >= 11 is 6.61. The van der Waals surface area contributed by atoms with E-state index in [0.29, 0.717) is 22.2 Å². The molecular formula is C12H17N3OS2. The van der Waals surface area contributed by atoms with Crippen LogP contribution in [0.25, 0.3) is 0 Å². The van der Waals surface area contributed by atoms with Gasteiger partial charge in [-0.2, -0.15) is 0 Å². The van der Waals surface area contributed by atoms with E-state index >= 15 is 0 Å². The molecule has 1 rings (SSSR count). The lowest BCUT2D eigenvalue weighted by atomic mass is 10.1. The Hall–Kier alpha value is -1.40. The summed E-state index contributed by atoms with van der Waals surface area (Å²) in [6.07, 6.45) is 2.48. The number of primary amides is 1. The second kappa shape index (κ2) is 6.51. The van der Waals surface area contributed by atoms with Gasteiger partial charge in [-0.05, 0) is 31.1 Å². The molecular weight excluding hydrogens is 266 g/mol. The number of carbonyl (C=O) groups excluding carboxylic acids is 1. The van der Waals surface area contributed by atoms with Crippen LogP contribution in [0, 0.1) is 6.92 Å². The standard InChI is InChI=1S/C12H17N3OS2/c1-4-6-14-12(17)15-11-9(10(13)16)8(5-2)7(3)18-11/h4H,1,5-6H2,2-3H3,(H2,13,16)(H2,14,15,17). The first-order valence-corrected chi connectivity index (χ1v) is 6.81. The van der Waals surface area contributed by atoms with Gasteiger partial charge in [-0.25, -0.2) is 0 Å². The van der Waals surface area contributed by atoms with E-state index in [1.54, 1.807) is 6.08 Å². The van der Waals surface area contributed by atoms with Gasteiger partial charge in [-0.15, -0.1) is 17.9 Å². The van der Waals surface area contributed by atoms with E-state index in [2.05, 4.69) is 17.2 Å². The molecule has 0 atom stereocenters. The largest absolute Gasteiger partial charge is 0.365 e. The molecule has 0 fully saturated rings.